The van der Waals surface area contributed by atoms with Crippen molar-refractivity contribution in [2.24, 2.45) is 0 Å². The first-order chi connectivity index (χ1) is 15.4. The van der Waals surface area contributed by atoms with Gasteiger partial charge in [-0.15, -0.1) is 0 Å². The zero-order valence-corrected chi connectivity index (χ0v) is 18.5. The predicted octanol–water partition coefficient (Wildman–Crippen LogP) is 3.77. The molecule has 3 rings (SSSR count). The van der Waals surface area contributed by atoms with Crippen LogP contribution < -0.4 is 19.5 Å². The van der Waals surface area contributed by atoms with E-state index in [4.69, 9.17) is 14.2 Å². The van der Waals surface area contributed by atoms with Gasteiger partial charge in [-0.05, 0) is 60.7 Å². The van der Waals surface area contributed by atoms with Crippen LogP contribution in [0.4, 0.5) is 11.4 Å². The first kappa shape index (κ1) is 23.1. The van der Waals surface area contributed by atoms with E-state index in [1.807, 2.05) is 0 Å². The molecule has 32 heavy (non-hydrogen) atoms. The summed E-state index contributed by atoms with van der Waals surface area (Å²) in [5.41, 5.74) is 1.22. The predicted molar refractivity (Wildman–Crippen MR) is 122 cm³/mol. The van der Waals surface area contributed by atoms with Crippen molar-refractivity contribution in [1.29, 1.82) is 0 Å². The number of hydrogen-bond donors (Lipinski definition) is 2. The zero-order valence-electron chi connectivity index (χ0n) is 17.7. The Bertz CT molecular complexity index is 1150. The van der Waals surface area contributed by atoms with Crippen LogP contribution in [0.3, 0.4) is 0 Å². The maximum Gasteiger partial charge on any atom is 0.261 e. The third kappa shape index (κ3) is 5.99. The van der Waals surface area contributed by atoms with E-state index in [1.165, 1.54) is 31.4 Å². The summed E-state index contributed by atoms with van der Waals surface area (Å²) < 4.78 is 43.4. The average molecular weight is 457 g/mol. The fraction of sp³-hybridized carbons (Fsp3) is 0.174. The van der Waals surface area contributed by atoms with Gasteiger partial charge in [0.2, 0.25) is 0 Å². The Kier molecular flexibility index (Phi) is 7.69. The molecule has 0 bridgehead atoms. The molecular formula is C23H24N2O6S. The Hall–Kier alpha value is -3.56. The average Bonchev–Trinajstić information content (AvgIpc) is 2.80. The molecule has 0 heterocycles. The summed E-state index contributed by atoms with van der Waals surface area (Å²) in [6.45, 7) is 0.713. The monoisotopic (exact) mass is 456 g/mol. The van der Waals surface area contributed by atoms with Crippen LogP contribution in [-0.4, -0.2) is 41.8 Å². The minimum Gasteiger partial charge on any atom is -0.497 e. The molecule has 0 fully saturated rings. The highest BCUT2D eigenvalue weighted by atomic mass is 32.2. The lowest BCUT2D eigenvalue weighted by Crippen LogP contribution is -2.15. The number of sulfonamides is 1. The number of para-hydroxylation sites is 1. The summed E-state index contributed by atoms with van der Waals surface area (Å²) >= 11 is 0. The molecule has 0 radical (unpaired) electrons. The summed E-state index contributed by atoms with van der Waals surface area (Å²) in [5.74, 6) is 0.689. The number of nitrogens with one attached hydrogen (secondary N) is 2. The van der Waals surface area contributed by atoms with Crippen LogP contribution in [0.15, 0.2) is 77.7 Å². The van der Waals surface area contributed by atoms with Crippen LogP contribution in [0, 0.1) is 0 Å². The van der Waals surface area contributed by atoms with Gasteiger partial charge in [0.25, 0.3) is 15.9 Å². The van der Waals surface area contributed by atoms with Crippen molar-refractivity contribution in [2.45, 2.75) is 4.90 Å². The Labute approximate surface area is 187 Å². The molecule has 0 aromatic heterocycles. The summed E-state index contributed by atoms with van der Waals surface area (Å²) in [6, 6.07) is 19.3. The van der Waals surface area contributed by atoms with Crippen LogP contribution >= 0.6 is 0 Å². The van der Waals surface area contributed by atoms with Crippen molar-refractivity contribution in [3.63, 3.8) is 0 Å². The molecule has 9 heteroatoms. The molecule has 0 aliphatic rings. The van der Waals surface area contributed by atoms with Gasteiger partial charge in [-0.25, -0.2) is 8.42 Å². The SMILES string of the molecule is COCCOc1ccccc1C(=O)Nc1ccc(S(=O)(=O)Nc2ccc(OC)cc2)cc1. The van der Waals surface area contributed by atoms with Crippen molar-refractivity contribution in [1.82, 2.24) is 0 Å². The third-order valence-corrected chi connectivity index (χ3v) is 5.84. The quantitative estimate of drug-likeness (QED) is 0.450. The van der Waals surface area contributed by atoms with Gasteiger partial charge in [0.05, 0.1) is 24.2 Å². The molecule has 8 nitrogen and oxygen atoms in total. The molecule has 3 aromatic rings. The van der Waals surface area contributed by atoms with Gasteiger partial charge in [0, 0.05) is 18.5 Å². The fourth-order valence-corrected chi connectivity index (χ4v) is 3.86. The van der Waals surface area contributed by atoms with E-state index in [2.05, 4.69) is 10.0 Å². The highest BCUT2D eigenvalue weighted by molar-refractivity contribution is 7.92. The lowest BCUT2D eigenvalue weighted by atomic mass is 10.2. The van der Waals surface area contributed by atoms with Gasteiger partial charge in [0.15, 0.2) is 0 Å². The van der Waals surface area contributed by atoms with Gasteiger partial charge < -0.3 is 19.5 Å². The second kappa shape index (κ2) is 10.7. The van der Waals surface area contributed by atoms with E-state index in [0.717, 1.165) is 0 Å². The van der Waals surface area contributed by atoms with Crippen LogP contribution in [0.5, 0.6) is 11.5 Å². The van der Waals surface area contributed by atoms with Crippen molar-refractivity contribution >= 4 is 27.3 Å². The standard InChI is InChI=1S/C23H24N2O6S/c1-29-15-16-31-22-6-4-3-5-21(22)23(26)24-17-9-13-20(14-10-17)32(27,28)25-18-7-11-19(30-2)12-8-18/h3-14,25H,15-16H2,1-2H3,(H,24,26). The van der Waals surface area contributed by atoms with Crippen LogP contribution in [0.1, 0.15) is 10.4 Å². The molecule has 0 spiro atoms. The molecular weight excluding hydrogens is 432 g/mol. The summed E-state index contributed by atoms with van der Waals surface area (Å²) in [6.07, 6.45) is 0. The molecule has 0 atom stereocenters. The second-order valence-corrected chi connectivity index (χ2v) is 8.33. The van der Waals surface area contributed by atoms with Gasteiger partial charge in [0.1, 0.15) is 18.1 Å². The van der Waals surface area contributed by atoms with Crippen molar-refractivity contribution < 1.29 is 27.4 Å². The minimum atomic E-state index is -3.79. The van der Waals surface area contributed by atoms with Crippen LogP contribution in [-0.2, 0) is 14.8 Å². The van der Waals surface area contributed by atoms with Crippen molar-refractivity contribution in [2.75, 3.05) is 37.5 Å². The van der Waals surface area contributed by atoms with Gasteiger partial charge in [-0.3, -0.25) is 9.52 Å². The van der Waals surface area contributed by atoms with Crippen molar-refractivity contribution in [3.8, 4) is 11.5 Å². The van der Waals surface area contributed by atoms with Gasteiger partial charge >= 0.3 is 0 Å². The Morgan fingerprint density at radius 3 is 2.16 bits per heavy atom. The summed E-state index contributed by atoms with van der Waals surface area (Å²) in [7, 11) is -0.683. The number of ether oxygens (including phenoxy) is 3. The Morgan fingerprint density at radius 1 is 0.844 bits per heavy atom. The van der Waals surface area contributed by atoms with Gasteiger partial charge in [-0.2, -0.15) is 0 Å². The minimum absolute atomic E-state index is 0.0645. The normalized spacial score (nSPS) is 10.9. The number of rotatable bonds is 10. The number of carbonyl (C=O) groups is 1. The smallest absolute Gasteiger partial charge is 0.261 e. The highest BCUT2D eigenvalue weighted by Gasteiger charge is 2.16. The molecule has 0 unspecified atom stereocenters. The molecule has 0 saturated carbocycles. The number of anilines is 2. The molecule has 3 aromatic carbocycles. The fourth-order valence-electron chi connectivity index (χ4n) is 2.80. The maximum atomic E-state index is 12.7. The number of benzene rings is 3. The van der Waals surface area contributed by atoms with E-state index in [-0.39, 0.29) is 10.8 Å². The summed E-state index contributed by atoms with van der Waals surface area (Å²) in [4.78, 5) is 12.7. The van der Waals surface area contributed by atoms with E-state index < -0.39 is 10.0 Å². The Morgan fingerprint density at radius 2 is 1.50 bits per heavy atom. The number of hydrogen-bond acceptors (Lipinski definition) is 6. The highest BCUT2D eigenvalue weighted by Crippen LogP contribution is 2.22. The van der Waals surface area contributed by atoms with E-state index in [1.54, 1.807) is 55.6 Å². The van der Waals surface area contributed by atoms with E-state index >= 15 is 0 Å². The van der Waals surface area contributed by atoms with E-state index in [0.29, 0.717) is 41.7 Å². The summed E-state index contributed by atoms with van der Waals surface area (Å²) in [5, 5.41) is 2.75. The van der Waals surface area contributed by atoms with Crippen LogP contribution in [0.2, 0.25) is 0 Å². The van der Waals surface area contributed by atoms with Gasteiger partial charge in [-0.1, -0.05) is 12.1 Å². The molecule has 0 saturated heterocycles. The number of amides is 1. The largest absolute Gasteiger partial charge is 0.497 e. The molecule has 168 valence electrons. The molecule has 0 aliphatic carbocycles. The van der Waals surface area contributed by atoms with Crippen molar-refractivity contribution in [3.05, 3.63) is 78.4 Å². The first-order valence-electron chi connectivity index (χ1n) is 9.72. The molecule has 2 N–H and O–H groups in total. The van der Waals surface area contributed by atoms with Crippen LogP contribution in [0.25, 0.3) is 0 Å². The zero-order chi connectivity index (χ0) is 23.0. The number of methoxy groups -OCH3 is 2. The second-order valence-electron chi connectivity index (χ2n) is 6.65. The lowest BCUT2D eigenvalue weighted by Gasteiger charge is -2.12. The van der Waals surface area contributed by atoms with E-state index in [9.17, 15) is 13.2 Å². The maximum absolute atomic E-state index is 12.7. The topological polar surface area (TPSA) is 103 Å². The molecule has 1 amide bonds. The first-order valence-corrected chi connectivity index (χ1v) is 11.2. The third-order valence-electron chi connectivity index (χ3n) is 4.44. The molecule has 0 aliphatic heterocycles. The Balaban J connectivity index is 1.68. The number of carbonyl (C=O) groups excluding carboxylic acids is 1. The lowest BCUT2D eigenvalue weighted by molar-refractivity contribution is 0.101.